The third kappa shape index (κ3) is 5.44. The molecule has 9 heteroatoms. The molecule has 0 atom stereocenters. The Morgan fingerprint density at radius 3 is 1.19 bits per heavy atom. The maximum atomic E-state index is 9.00. The van der Waals surface area contributed by atoms with Crippen molar-refractivity contribution in [2.45, 2.75) is 6.92 Å². The summed E-state index contributed by atoms with van der Waals surface area (Å²) < 4.78 is 0. The van der Waals surface area contributed by atoms with Gasteiger partial charge in [-0.1, -0.05) is 66.2 Å². The van der Waals surface area contributed by atoms with Crippen molar-refractivity contribution in [1.29, 1.82) is 0 Å². The lowest BCUT2D eigenvalue weighted by atomic mass is 9.77. The Kier molecular flexibility index (Phi) is 6.99. The van der Waals surface area contributed by atoms with E-state index in [1.807, 2.05) is 19.1 Å². The van der Waals surface area contributed by atoms with Gasteiger partial charge in [-0.2, -0.15) is 0 Å². The lowest BCUT2D eigenvalue weighted by Crippen LogP contribution is -2.30. The Balaban J connectivity index is 0.000000209. The van der Waals surface area contributed by atoms with Crippen LogP contribution in [0.25, 0.3) is 10.8 Å². The van der Waals surface area contributed by atoms with Gasteiger partial charge < -0.3 is 30.1 Å². The van der Waals surface area contributed by atoms with Crippen LogP contribution in [0.5, 0.6) is 0 Å². The van der Waals surface area contributed by atoms with Gasteiger partial charge in [-0.3, -0.25) is 0 Å². The monoisotopic (exact) mass is 352 g/mol. The highest BCUT2D eigenvalue weighted by molar-refractivity contribution is 6.60. The summed E-state index contributed by atoms with van der Waals surface area (Å²) in [6, 6.07) is 16.9. The van der Waals surface area contributed by atoms with Crippen LogP contribution in [-0.2, 0) is 0 Å². The lowest BCUT2D eigenvalue weighted by molar-refractivity contribution is 0.424. The molecule has 6 nitrogen and oxygen atoms in total. The first-order valence-electron chi connectivity index (χ1n) is 7.96. The van der Waals surface area contributed by atoms with Gasteiger partial charge in [0.25, 0.3) is 0 Å². The molecule has 0 fully saturated rings. The minimum Gasteiger partial charge on any atom is -0.423 e. The summed E-state index contributed by atoms with van der Waals surface area (Å²) >= 11 is 0. The van der Waals surface area contributed by atoms with E-state index in [9.17, 15) is 0 Å². The molecule has 0 bridgehead atoms. The molecule has 0 spiro atoms. The van der Waals surface area contributed by atoms with Crippen LogP contribution in [0.4, 0.5) is 0 Å². The van der Waals surface area contributed by atoms with Crippen LogP contribution >= 0.6 is 0 Å². The summed E-state index contributed by atoms with van der Waals surface area (Å²) in [7, 11) is -4.33. The Morgan fingerprint density at radius 1 is 0.500 bits per heavy atom. The average molecular weight is 352 g/mol. The molecule has 0 aliphatic carbocycles. The predicted molar refractivity (Wildman–Crippen MR) is 105 cm³/mol. The summed E-state index contributed by atoms with van der Waals surface area (Å²) in [5, 5.41) is 55.0. The van der Waals surface area contributed by atoms with Crippen LogP contribution in [0.3, 0.4) is 0 Å². The number of hydrogen-bond acceptors (Lipinski definition) is 6. The molecular formula is C17H19B3O6. The quantitative estimate of drug-likeness (QED) is 0.300. The minimum absolute atomic E-state index is 0.407. The first kappa shape index (κ1) is 20.2. The molecule has 0 unspecified atom stereocenters. The zero-order valence-corrected chi connectivity index (χ0v) is 14.2. The molecule has 3 aromatic rings. The van der Waals surface area contributed by atoms with Gasteiger partial charge in [0.15, 0.2) is 0 Å². The molecule has 26 heavy (non-hydrogen) atoms. The largest absolute Gasteiger partial charge is 0.488 e. The van der Waals surface area contributed by atoms with Crippen molar-refractivity contribution < 1.29 is 30.1 Å². The summed E-state index contributed by atoms with van der Waals surface area (Å²) in [4.78, 5) is 0. The number of aryl methyl sites for hydroxylation is 1. The van der Waals surface area contributed by atoms with Crippen molar-refractivity contribution in [3.8, 4) is 0 Å². The summed E-state index contributed by atoms with van der Waals surface area (Å²) in [6.45, 7) is 1.95. The van der Waals surface area contributed by atoms with Crippen LogP contribution in [0.1, 0.15) is 5.56 Å². The fourth-order valence-electron chi connectivity index (χ4n) is 2.34. The Hall–Kier alpha value is -2.13. The molecule has 0 saturated carbocycles. The van der Waals surface area contributed by atoms with E-state index in [1.54, 1.807) is 48.5 Å². The fourth-order valence-corrected chi connectivity index (χ4v) is 2.34. The lowest BCUT2D eigenvalue weighted by Gasteiger charge is -2.05. The number of rotatable bonds is 3. The molecule has 0 aromatic heterocycles. The van der Waals surface area contributed by atoms with E-state index in [0.717, 1.165) is 16.3 Å². The first-order valence-corrected chi connectivity index (χ1v) is 7.96. The van der Waals surface area contributed by atoms with Gasteiger partial charge in [0.2, 0.25) is 0 Å². The van der Waals surface area contributed by atoms with E-state index in [2.05, 4.69) is 0 Å². The highest BCUT2D eigenvalue weighted by atomic mass is 16.4. The van der Waals surface area contributed by atoms with Crippen molar-refractivity contribution in [3.63, 3.8) is 0 Å². The smallest absolute Gasteiger partial charge is 0.423 e. The number of hydrogen-bond donors (Lipinski definition) is 6. The van der Waals surface area contributed by atoms with E-state index >= 15 is 0 Å². The molecule has 3 rings (SSSR count). The summed E-state index contributed by atoms with van der Waals surface area (Å²) in [6.07, 6.45) is 0. The zero-order chi connectivity index (χ0) is 19.3. The average Bonchev–Trinajstić information content (AvgIpc) is 2.61. The van der Waals surface area contributed by atoms with Crippen LogP contribution < -0.4 is 16.4 Å². The molecule has 0 aliphatic heterocycles. The van der Waals surface area contributed by atoms with Crippen molar-refractivity contribution in [3.05, 3.63) is 66.2 Å². The van der Waals surface area contributed by atoms with Gasteiger partial charge in [-0.05, 0) is 34.1 Å². The second-order valence-corrected chi connectivity index (χ2v) is 5.90. The van der Waals surface area contributed by atoms with Gasteiger partial charge in [0.05, 0.1) is 0 Å². The van der Waals surface area contributed by atoms with Gasteiger partial charge in [0.1, 0.15) is 0 Å². The second-order valence-electron chi connectivity index (χ2n) is 5.90. The highest BCUT2D eigenvalue weighted by Gasteiger charge is 2.13. The molecule has 132 valence electrons. The SMILES string of the molecule is Cc1ccc(B(O)O)cc1.OB(O)c1ccc2cc(B(O)O)ccc2c1. The predicted octanol–water partition coefficient (Wildman–Crippen LogP) is -2.13. The molecule has 0 heterocycles. The fraction of sp³-hybridized carbons (Fsp3) is 0.0588. The molecule has 3 aromatic carbocycles. The third-order valence-electron chi connectivity index (χ3n) is 3.86. The van der Waals surface area contributed by atoms with Gasteiger partial charge in [-0.25, -0.2) is 0 Å². The topological polar surface area (TPSA) is 121 Å². The minimum atomic E-state index is -1.49. The maximum absolute atomic E-state index is 9.00. The van der Waals surface area contributed by atoms with Crippen molar-refractivity contribution in [2.75, 3.05) is 0 Å². The maximum Gasteiger partial charge on any atom is 0.488 e. The molecule has 0 saturated heterocycles. The molecular weight excluding hydrogens is 333 g/mol. The van der Waals surface area contributed by atoms with E-state index < -0.39 is 21.4 Å². The molecule has 6 N–H and O–H groups in total. The first-order chi connectivity index (χ1) is 12.3. The molecule has 0 radical (unpaired) electrons. The number of benzene rings is 3. The van der Waals surface area contributed by atoms with Crippen LogP contribution in [0.2, 0.25) is 0 Å². The van der Waals surface area contributed by atoms with Crippen molar-refractivity contribution in [2.24, 2.45) is 0 Å². The van der Waals surface area contributed by atoms with Crippen LogP contribution in [0.15, 0.2) is 60.7 Å². The second kappa shape index (κ2) is 9.00. The van der Waals surface area contributed by atoms with Gasteiger partial charge in [-0.15, -0.1) is 0 Å². The van der Waals surface area contributed by atoms with Crippen LogP contribution in [-0.4, -0.2) is 51.5 Å². The van der Waals surface area contributed by atoms with E-state index in [0.29, 0.717) is 16.4 Å². The van der Waals surface area contributed by atoms with Gasteiger partial charge in [0, 0.05) is 0 Å². The van der Waals surface area contributed by atoms with E-state index in [4.69, 9.17) is 30.1 Å². The van der Waals surface area contributed by atoms with Crippen molar-refractivity contribution in [1.82, 2.24) is 0 Å². The van der Waals surface area contributed by atoms with E-state index in [1.165, 1.54) is 0 Å². The Morgan fingerprint density at radius 2 is 0.846 bits per heavy atom. The van der Waals surface area contributed by atoms with E-state index in [-0.39, 0.29) is 0 Å². The zero-order valence-electron chi connectivity index (χ0n) is 14.2. The highest BCUT2D eigenvalue weighted by Crippen LogP contribution is 2.10. The normalized spacial score (nSPS) is 10.1. The summed E-state index contributed by atoms with van der Waals surface area (Å²) in [5.41, 5.74) is 2.46. The number of fused-ring (bicyclic) bond motifs is 1. The Labute approximate surface area is 152 Å². The standard InChI is InChI=1S/C10H10B2O4.C7H9BO2/c13-11(14)9-3-1-7-5-10(12(15)16)4-2-8(7)6-9;1-6-2-4-7(5-3-6)8(9)10/h1-6,13-16H;2-5,9-10H,1H3. The molecule has 0 amide bonds. The third-order valence-corrected chi connectivity index (χ3v) is 3.86. The molecule has 0 aliphatic rings. The van der Waals surface area contributed by atoms with Crippen LogP contribution in [0, 0.1) is 6.92 Å². The Bertz CT molecular complexity index is 805. The summed E-state index contributed by atoms with van der Waals surface area (Å²) in [5.74, 6) is 0. The van der Waals surface area contributed by atoms with Gasteiger partial charge >= 0.3 is 21.4 Å². The van der Waals surface area contributed by atoms with Crippen molar-refractivity contribution >= 4 is 48.5 Å².